The van der Waals surface area contributed by atoms with Crippen molar-refractivity contribution in [3.63, 3.8) is 0 Å². The van der Waals surface area contributed by atoms with Crippen molar-refractivity contribution in [1.29, 1.82) is 0 Å². The summed E-state index contributed by atoms with van der Waals surface area (Å²) >= 11 is 0. The summed E-state index contributed by atoms with van der Waals surface area (Å²) in [6.07, 6.45) is -4.20. The molecule has 2 aromatic rings. The average Bonchev–Trinajstić information content (AvgIpc) is 2.74. The van der Waals surface area contributed by atoms with Crippen molar-refractivity contribution < 1.29 is 27.8 Å². The second-order valence-electron chi connectivity index (χ2n) is 5.86. The lowest BCUT2D eigenvalue weighted by Crippen LogP contribution is -2.26. The maximum Gasteiger partial charge on any atom is 0.419 e. The number of carbonyl (C=O) groups is 1. The lowest BCUT2D eigenvalue weighted by Gasteiger charge is -2.19. The Kier molecular flexibility index (Phi) is 3.95. The average molecular weight is 315 g/mol. The minimum absolute atomic E-state index is 0.0220. The van der Waals surface area contributed by atoms with Crippen LogP contribution in [-0.4, -0.2) is 21.4 Å². The Morgan fingerprint density at radius 1 is 1.27 bits per heavy atom. The molecule has 0 atom stereocenters. The molecule has 0 fully saturated rings. The number of alkyl halides is 3. The molecule has 1 heterocycles. The Hall–Kier alpha value is -2.02. The van der Waals surface area contributed by atoms with Gasteiger partial charge >= 0.3 is 12.3 Å². The highest BCUT2D eigenvalue weighted by Crippen LogP contribution is 2.37. The van der Waals surface area contributed by atoms with E-state index in [9.17, 15) is 23.1 Å². The summed E-state index contributed by atoms with van der Waals surface area (Å²) in [6.45, 7) is 4.36. The first-order valence-electron chi connectivity index (χ1n) is 6.59. The van der Waals surface area contributed by atoms with Crippen LogP contribution in [0.2, 0.25) is 0 Å². The predicted octanol–water partition coefficient (Wildman–Crippen LogP) is 3.94. The zero-order chi connectivity index (χ0) is 16.7. The topological polar surface area (TPSA) is 51.5 Å². The van der Waals surface area contributed by atoms with E-state index in [1.165, 1.54) is 18.3 Å². The number of benzene rings is 1. The van der Waals surface area contributed by atoms with Crippen LogP contribution in [0.25, 0.3) is 10.9 Å². The number of hydrogen-bond acceptors (Lipinski definition) is 3. The minimum atomic E-state index is -4.58. The first-order chi connectivity index (χ1) is 10.0. The molecule has 0 saturated carbocycles. The number of aromatic nitrogens is 1. The van der Waals surface area contributed by atoms with Gasteiger partial charge in [-0.15, -0.1) is 0 Å². The third kappa shape index (κ3) is 3.09. The fraction of sp³-hybridized carbons (Fsp3) is 0.400. The van der Waals surface area contributed by atoms with Crippen molar-refractivity contribution in [2.24, 2.45) is 0 Å². The first-order valence-corrected chi connectivity index (χ1v) is 6.59. The summed E-state index contributed by atoms with van der Waals surface area (Å²) in [5.74, 6) is 0. The van der Waals surface area contributed by atoms with Crippen LogP contribution >= 0.6 is 0 Å². The Balaban J connectivity index is 2.67. The zero-order valence-electron chi connectivity index (χ0n) is 12.4. The van der Waals surface area contributed by atoms with Gasteiger partial charge in [0, 0.05) is 17.1 Å². The number of hydrogen-bond donors (Lipinski definition) is 1. The number of ether oxygens (including phenoxy) is 1. The SMILES string of the molecule is CC(C)(C)OC(=O)n1cc(CO)c2c(C(F)(F)F)cccc21. The molecular formula is C15H16F3NO3. The van der Waals surface area contributed by atoms with Crippen LogP contribution in [0.4, 0.5) is 18.0 Å². The third-order valence-electron chi connectivity index (χ3n) is 2.97. The minimum Gasteiger partial charge on any atom is -0.443 e. The summed E-state index contributed by atoms with van der Waals surface area (Å²) < 4.78 is 45.5. The van der Waals surface area contributed by atoms with Crippen LogP contribution in [0.5, 0.6) is 0 Å². The molecule has 0 spiro atoms. The van der Waals surface area contributed by atoms with E-state index in [1.807, 2.05) is 0 Å². The molecule has 22 heavy (non-hydrogen) atoms. The number of aliphatic hydroxyl groups is 1. The molecule has 4 nitrogen and oxygen atoms in total. The Bertz CT molecular complexity index is 711. The van der Waals surface area contributed by atoms with Crippen molar-refractivity contribution in [3.8, 4) is 0 Å². The molecule has 0 saturated heterocycles. The Labute approximate surface area is 125 Å². The Morgan fingerprint density at radius 3 is 2.41 bits per heavy atom. The molecule has 1 N–H and O–H groups in total. The van der Waals surface area contributed by atoms with Crippen LogP contribution in [0.15, 0.2) is 24.4 Å². The van der Waals surface area contributed by atoms with Gasteiger partial charge in [-0.25, -0.2) is 4.79 Å². The van der Waals surface area contributed by atoms with E-state index in [-0.39, 0.29) is 16.5 Å². The molecule has 0 aliphatic rings. The molecule has 0 radical (unpaired) electrons. The highest BCUT2D eigenvalue weighted by molar-refractivity contribution is 5.94. The van der Waals surface area contributed by atoms with Crippen molar-refractivity contribution in [2.45, 2.75) is 39.2 Å². The number of halogens is 3. The van der Waals surface area contributed by atoms with Gasteiger partial charge in [-0.2, -0.15) is 13.2 Å². The van der Waals surface area contributed by atoms with Gasteiger partial charge in [0.05, 0.1) is 17.7 Å². The van der Waals surface area contributed by atoms with Crippen LogP contribution in [0, 0.1) is 0 Å². The maximum atomic E-state index is 13.1. The molecule has 0 aliphatic carbocycles. The molecule has 7 heteroatoms. The van der Waals surface area contributed by atoms with E-state index in [4.69, 9.17) is 4.74 Å². The molecule has 1 aromatic carbocycles. The number of fused-ring (bicyclic) bond motifs is 1. The Morgan fingerprint density at radius 2 is 1.91 bits per heavy atom. The fourth-order valence-corrected chi connectivity index (χ4v) is 2.19. The van der Waals surface area contributed by atoms with Gasteiger partial charge in [-0.3, -0.25) is 4.57 Å². The van der Waals surface area contributed by atoms with Crippen LogP contribution in [-0.2, 0) is 17.5 Å². The predicted molar refractivity (Wildman–Crippen MR) is 74.5 cm³/mol. The highest BCUT2D eigenvalue weighted by Gasteiger charge is 2.34. The van der Waals surface area contributed by atoms with Crippen LogP contribution in [0.3, 0.4) is 0 Å². The van der Waals surface area contributed by atoms with E-state index in [2.05, 4.69) is 0 Å². The quantitative estimate of drug-likeness (QED) is 0.867. The maximum absolute atomic E-state index is 13.1. The normalized spacial score (nSPS) is 12.7. The number of aliphatic hydroxyl groups excluding tert-OH is 1. The van der Waals surface area contributed by atoms with Gasteiger partial charge in [0.25, 0.3) is 0 Å². The van der Waals surface area contributed by atoms with Crippen molar-refractivity contribution in [3.05, 3.63) is 35.5 Å². The smallest absolute Gasteiger partial charge is 0.419 e. The number of carbonyl (C=O) groups excluding carboxylic acids is 1. The van der Waals surface area contributed by atoms with Gasteiger partial charge in [-0.1, -0.05) is 6.07 Å². The standard InChI is InChI=1S/C15H16F3NO3/c1-14(2,3)22-13(21)19-7-9(8-20)12-10(15(16,17)18)5-4-6-11(12)19/h4-7,20H,8H2,1-3H3. The summed E-state index contributed by atoms with van der Waals surface area (Å²) in [5, 5.41) is 9.13. The first kappa shape index (κ1) is 16.4. The van der Waals surface area contributed by atoms with Crippen molar-refractivity contribution in [1.82, 2.24) is 4.57 Å². The second kappa shape index (κ2) is 5.31. The van der Waals surface area contributed by atoms with E-state index in [1.54, 1.807) is 20.8 Å². The molecule has 120 valence electrons. The highest BCUT2D eigenvalue weighted by atomic mass is 19.4. The molecule has 0 aliphatic heterocycles. The van der Waals surface area contributed by atoms with Crippen LogP contribution in [0.1, 0.15) is 31.9 Å². The molecule has 0 unspecified atom stereocenters. The fourth-order valence-electron chi connectivity index (χ4n) is 2.19. The van der Waals surface area contributed by atoms with Crippen molar-refractivity contribution in [2.75, 3.05) is 0 Å². The third-order valence-corrected chi connectivity index (χ3v) is 2.97. The van der Waals surface area contributed by atoms with Gasteiger partial charge in [0.15, 0.2) is 0 Å². The monoisotopic (exact) mass is 315 g/mol. The molecule has 0 amide bonds. The van der Waals surface area contributed by atoms with E-state index in [0.29, 0.717) is 0 Å². The molecule has 0 bridgehead atoms. The molecule has 2 rings (SSSR count). The second-order valence-corrected chi connectivity index (χ2v) is 5.86. The van der Waals surface area contributed by atoms with Gasteiger partial charge in [-0.05, 0) is 32.9 Å². The summed E-state index contributed by atoms with van der Waals surface area (Å²) in [6, 6.07) is 3.52. The van der Waals surface area contributed by atoms with Crippen molar-refractivity contribution >= 4 is 17.0 Å². The summed E-state index contributed by atoms with van der Waals surface area (Å²) in [7, 11) is 0. The zero-order valence-corrected chi connectivity index (χ0v) is 12.4. The number of nitrogens with zero attached hydrogens (tertiary/aromatic N) is 1. The lowest BCUT2D eigenvalue weighted by molar-refractivity contribution is -0.136. The van der Waals surface area contributed by atoms with E-state index < -0.39 is 30.0 Å². The molecule has 1 aromatic heterocycles. The molecular weight excluding hydrogens is 299 g/mol. The van der Waals surface area contributed by atoms with Gasteiger partial charge < -0.3 is 9.84 Å². The summed E-state index contributed by atoms with van der Waals surface area (Å²) in [5.41, 5.74) is -1.60. The van der Waals surface area contributed by atoms with Crippen LogP contribution < -0.4 is 0 Å². The summed E-state index contributed by atoms with van der Waals surface area (Å²) in [4.78, 5) is 12.1. The van der Waals surface area contributed by atoms with E-state index >= 15 is 0 Å². The van der Waals surface area contributed by atoms with Gasteiger partial charge in [0.1, 0.15) is 5.60 Å². The largest absolute Gasteiger partial charge is 0.443 e. The van der Waals surface area contributed by atoms with Gasteiger partial charge in [0.2, 0.25) is 0 Å². The number of rotatable bonds is 1. The lowest BCUT2D eigenvalue weighted by atomic mass is 10.1. The van der Waals surface area contributed by atoms with E-state index in [0.717, 1.165) is 10.6 Å².